The first-order valence-electron chi connectivity index (χ1n) is 9.27. The average molecular weight is 464 g/mol. The van der Waals surface area contributed by atoms with Crippen LogP contribution in [0.4, 0.5) is 5.69 Å². The lowest BCUT2D eigenvalue weighted by Gasteiger charge is -2.09. The van der Waals surface area contributed by atoms with E-state index in [1.54, 1.807) is 42.6 Å². The molecule has 7 heteroatoms. The third-order valence-corrected chi connectivity index (χ3v) is 4.99. The zero-order valence-electron chi connectivity index (χ0n) is 16.1. The van der Waals surface area contributed by atoms with Crippen LogP contribution in [0.2, 0.25) is 0 Å². The van der Waals surface area contributed by atoms with Crippen LogP contribution in [-0.2, 0) is 6.61 Å². The minimum absolute atomic E-state index is 0.145. The zero-order chi connectivity index (χ0) is 21.1. The Morgan fingerprint density at radius 3 is 2.53 bits per heavy atom. The van der Waals surface area contributed by atoms with Gasteiger partial charge in [-0.3, -0.25) is 14.0 Å². The molecule has 0 spiro atoms. The molecule has 0 atom stereocenters. The van der Waals surface area contributed by atoms with E-state index in [1.165, 1.54) is 10.5 Å². The summed E-state index contributed by atoms with van der Waals surface area (Å²) in [6.07, 6.45) is 1.76. The molecule has 0 unspecified atom stereocenters. The summed E-state index contributed by atoms with van der Waals surface area (Å²) in [4.78, 5) is 29.0. The van der Waals surface area contributed by atoms with E-state index in [9.17, 15) is 9.59 Å². The first-order valence-corrected chi connectivity index (χ1v) is 10.1. The smallest absolute Gasteiger partial charge is 0.258 e. The Morgan fingerprint density at radius 2 is 1.80 bits per heavy atom. The minimum atomic E-state index is -0.188. The van der Waals surface area contributed by atoms with Crippen LogP contribution in [0.25, 0.3) is 5.65 Å². The number of amides is 1. The number of halogens is 1. The van der Waals surface area contributed by atoms with E-state index in [4.69, 9.17) is 4.74 Å². The molecule has 0 aliphatic rings. The van der Waals surface area contributed by atoms with Crippen molar-refractivity contribution in [3.8, 4) is 5.75 Å². The Hall–Kier alpha value is -3.45. The number of nitrogens with one attached hydrogen (secondary N) is 1. The topological polar surface area (TPSA) is 72.7 Å². The molecule has 0 aliphatic heterocycles. The molecule has 2 aromatic carbocycles. The number of benzene rings is 2. The van der Waals surface area contributed by atoms with E-state index >= 15 is 0 Å². The fourth-order valence-corrected chi connectivity index (χ4v) is 3.19. The number of anilines is 1. The number of pyridine rings is 1. The Kier molecular flexibility index (Phi) is 5.63. The van der Waals surface area contributed by atoms with Crippen molar-refractivity contribution in [2.45, 2.75) is 13.5 Å². The molecule has 6 nitrogen and oxygen atoms in total. The van der Waals surface area contributed by atoms with E-state index in [0.717, 1.165) is 10.0 Å². The summed E-state index contributed by atoms with van der Waals surface area (Å²) in [6.45, 7) is 2.10. The van der Waals surface area contributed by atoms with E-state index in [1.807, 2.05) is 31.2 Å². The van der Waals surface area contributed by atoms with Crippen molar-refractivity contribution in [2.24, 2.45) is 0 Å². The molecular weight excluding hydrogens is 446 g/mol. The maximum Gasteiger partial charge on any atom is 0.258 e. The Bertz CT molecular complexity index is 1270. The van der Waals surface area contributed by atoms with Gasteiger partial charge in [0, 0.05) is 28.0 Å². The van der Waals surface area contributed by atoms with E-state index in [-0.39, 0.29) is 18.1 Å². The highest BCUT2D eigenvalue weighted by molar-refractivity contribution is 9.10. The molecule has 0 bridgehead atoms. The summed E-state index contributed by atoms with van der Waals surface area (Å²) < 4.78 is 8.18. The second kappa shape index (κ2) is 8.51. The Balaban J connectivity index is 1.41. The van der Waals surface area contributed by atoms with E-state index < -0.39 is 0 Å². The first-order chi connectivity index (χ1) is 14.5. The van der Waals surface area contributed by atoms with Crippen LogP contribution in [0.15, 0.2) is 82.2 Å². The molecule has 2 heterocycles. The van der Waals surface area contributed by atoms with Gasteiger partial charge in [-0.1, -0.05) is 22.0 Å². The molecule has 0 aliphatic carbocycles. The molecule has 0 saturated heterocycles. The van der Waals surface area contributed by atoms with Gasteiger partial charge in [0.2, 0.25) is 0 Å². The minimum Gasteiger partial charge on any atom is -0.487 e. The van der Waals surface area contributed by atoms with E-state index in [0.29, 0.717) is 28.3 Å². The molecule has 0 saturated carbocycles. The van der Waals surface area contributed by atoms with Crippen LogP contribution in [0, 0.1) is 6.92 Å². The molecule has 2 aromatic heterocycles. The van der Waals surface area contributed by atoms with Crippen LogP contribution in [0.1, 0.15) is 21.6 Å². The zero-order valence-corrected chi connectivity index (χ0v) is 17.7. The van der Waals surface area contributed by atoms with Crippen LogP contribution >= 0.6 is 15.9 Å². The van der Waals surface area contributed by atoms with Gasteiger partial charge in [0.25, 0.3) is 11.5 Å². The van der Waals surface area contributed by atoms with Crippen LogP contribution in [0.5, 0.6) is 5.75 Å². The van der Waals surface area contributed by atoms with Gasteiger partial charge >= 0.3 is 0 Å². The molecular formula is C23H18BrN3O3. The molecule has 0 fully saturated rings. The van der Waals surface area contributed by atoms with Crippen molar-refractivity contribution in [2.75, 3.05) is 5.32 Å². The number of aryl methyl sites for hydroxylation is 1. The number of fused-ring (bicyclic) bond motifs is 1. The standard InChI is InChI=1S/C23H18BrN3O3/c1-15-2-11-21-25-19(12-22(28)27(21)13-15)14-30-20-9-7-18(8-10-20)26-23(29)16-3-5-17(24)6-4-16/h2-13H,14H2,1H3,(H,26,29). The molecule has 30 heavy (non-hydrogen) atoms. The number of aromatic nitrogens is 2. The monoisotopic (exact) mass is 463 g/mol. The number of rotatable bonds is 5. The molecule has 1 N–H and O–H groups in total. The second-order valence-corrected chi connectivity index (χ2v) is 7.71. The van der Waals surface area contributed by atoms with Crippen molar-refractivity contribution in [1.82, 2.24) is 9.38 Å². The molecule has 1 amide bonds. The van der Waals surface area contributed by atoms with Gasteiger partial charge in [-0.25, -0.2) is 4.98 Å². The van der Waals surface area contributed by atoms with Crippen molar-refractivity contribution >= 4 is 33.2 Å². The molecule has 0 radical (unpaired) electrons. The number of hydrogen-bond acceptors (Lipinski definition) is 4. The number of carbonyl (C=O) groups is 1. The van der Waals surface area contributed by atoms with Crippen LogP contribution < -0.4 is 15.6 Å². The highest BCUT2D eigenvalue weighted by Gasteiger charge is 2.07. The van der Waals surface area contributed by atoms with Crippen molar-refractivity contribution < 1.29 is 9.53 Å². The molecule has 4 rings (SSSR count). The summed E-state index contributed by atoms with van der Waals surface area (Å²) in [5.41, 5.74) is 3.21. The highest BCUT2D eigenvalue weighted by atomic mass is 79.9. The predicted octanol–water partition coefficient (Wildman–Crippen LogP) is 4.60. The number of nitrogens with zero attached hydrogens (tertiary/aromatic N) is 2. The van der Waals surface area contributed by atoms with Gasteiger partial charge in [-0.15, -0.1) is 0 Å². The third-order valence-electron chi connectivity index (χ3n) is 4.47. The first kappa shape index (κ1) is 19.8. The second-order valence-electron chi connectivity index (χ2n) is 6.79. The fourth-order valence-electron chi connectivity index (χ4n) is 2.93. The number of hydrogen-bond donors (Lipinski definition) is 1. The van der Waals surface area contributed by atoms with Gasteiger partial charge < -0.3 is 10.1 Å². The van der Waals surface area contributed by atoms with Crippen molar-refractivity contribution in [1.29, 1.82) is 0 Å². The lowest BCUT2D eigenvalue weighted by atomic mass is 10.2. The number of ether oxygens (including phenoxy) is 1. The van der Waals surface area contributed by atoms with Crippen LogP contribution in [0.3, 0.4) is 0 Å². The van der Waals surface area contributed by atoms with Gasteiger partial charge in [-0.2, -0.15) is 0 Å². The van der Waals surface area contributed by atoms with Gasteiger partial charge in [0.1, 0.15) is 18.0 Å². The fraction of sp³-hybridized carbons (Fsp3) is 0.0870. The van der Waals surface area contributed by atoms with Crippen molar-refractivity contribution in [3.05, 3.63) is 105 Å². The van der Waals surface area contributed by atoms with Gasteiger partial charge in [0.05, 0.1) is 5.69 Å². The normalized spacial score (nSPS) is 10.7. The molecule has 150 valence electrons. The Labute approximate surface area is 181 Å². The summed E-state index contributed by atoms with van der Waals surface area (Å²) in [5, 5.41) is 2.84. The summed E-state index contributed by atoms with van der Waals surface area (Å²) in [5.74, 6) is 0.426. The summed E-state index contributed by atoms with van der Waals surface area (Å²) >= 11 is 3.35. The highest BCUT2D eigenvalue weighted by Crippen LogP contribution is 2.18. The maximum absolute atomic E-state index is 12.3. The van der Waals surface area contributed by atoms with Gasteiger partial charge in [0.15, 0.2) is 0 Å². The summed E-state index contributed by atoms with van der Waals surface area (Å²) in [7, 11) is 0. The number of carbonyl (C=O) groups excluding carboxylic acids is 1. The molecule has 4 aromatic rings. The maximum atomic E-state index is 12.3. The average Bonchev–Trinajstić information content (AvgIpc) is 2.74. The lowest BCUT2D eigenvalue weighted by Crippen LogP contribution is -2.16. The lowest BCUT2D eigenvalue weighted by molar-refractivity contribution is 0.102. The van der Waals surface area contributed by atoms with E-state index in [2.05, 4.69) is 26.2 Å². The van der Waals surface area contributed by atoms with Crippen LogP contribution in [-0.4, -0.2) is 15.3 Å². The summed E-state index contributed by atoms with van der Waals surface area (Å²) in [6, 6.07) is 19.4. The van der Waals surface area contributed by atoms with Crippen molar-refractivity contribution in [3.63, 3.8) is 0 Å². The SMILES string of the molecule is Cc1ccc2nc(COc3ccc(NC(=O)c4ccc(Br)cc4)cc3)cc(=O)n2c1. The predicted molar refractivity (Wildman–Crippen MR) is 119 cm³/mol. The Morgan fingerprint density at radius 1 is 1.07 bits per heavy atom. The van der Waals surface area contributed by atoms with Gasteiger partial charge in [-0.05, 0) is 67.1 Å². The quantitative estimate of drug-likeness (QED) is 0.469. The largest absolute Gasteiger partial charge is 0.487 e. The third kappa shape index (κ3) is 4.58.